The molecule has 3 heteroatoms. The summed E-state index contributed by atoms with van der Waals surface area (Å²) in [5.74, 6) is 0.0802. The van der Waals surface area contributed by atoms with Crippen molar-refractivity contribution in [3.05, 3.63) is 65.2 Å². The molecule has 20 heavy (non-hydrogen) atoms. The summed E-state index contributed by atoms with van der Waals surface area (Å²) >= 11 is 0. The Morgan fingerprint density at radius 1 is 1.15 bits per heavy atom. The fourth-order valence-electron chi connectivity index (χ4n) is 1.86. The van der Waals surface area contributed by atoms with Crippen molar-refractivity contribution in [1.29, 1.82) is 0 Å². The maximum atomic E-state index is 11.1. The summed E-state index contributed by atoms with van der Waals surface area (Å²) in [6, 6.07) is 15.3. The zero-order valence-corrected chi connectivity index (χ0v) is 11.7. The molecule has 2 N–H and O–H groups in total. The summed E-state index contributed by atoms with van der Waals surface area (Å²) in [7, 11) is 0. The molecule has 0 aliphatic carbocycles. The molecule has 0 heterocycles. The molecule has 0 aromatic heterocycles. The monoisotopic (exact) mass is 266 g/mol. The second-order valence-corrected chi connectivity index (χ2v) is 4.99. The Morgan fingerprint density at radius 3 is 2.45 bits per heavy atom. The van der Waals surface area contributed by atoms with E-state index < -0.39 is 5.91 Å². The molecule has 0 atom stereocenters. The SMILES string of the molecule is CC(C)c1ccc(C=Nc2cccc(C(N)=O)c2)cc1. The minimum atomic E-state index is -0.441. The lowest BCUT2D eigenvalue weighted by Crippen LogP contribution is -2.10. The van der Waals surface area contributed by atoms with Gasteiger partial charge >= 0.3 is 0 Å². The lowest BCUT2D eigenvalue weighted by atomic mass is 10.0. The first kappa shape index (κ1) is 14.0. The van der Waals surface area contributed by atoms with Crippen LogP contribution >= 0.6 is 0 Å². The average Bonchev–Trinajstić information content (AvgIpc) is 2.46. The van der Waals surface area contributed by atoms with Crippen LogP contribution in [0.25, 0.3) is 0 Å². The highest BCUT2D eigenvalue weighted by molar-refractivity contribution is 5.93. The van der Waals surface area contributed by atoms with Gasteiger partial charge in [0.15, 0.2) is 0 Å². The van der Waals surface area contributed by atoms with Crippen LogP contribution < -0.4 is 5.73 Å². The molecular formula is C17H18N2O. The number of carbonyl (C=O) groups excluding carboxylic acids is 1. The summed E-state index contributed by atoms with van der Waals surface area (Å²) in [4.78, 5) is 15.5. The third-order valence-corrected chi connectivity index (χ3v) is 3.10. The number of benzene rings is 2. The van der Waals surface area contributed by atoms with Gasteiger partial charge in [-0.15, -0.1) is 0 Å². The number of nitrogens with zero attached hydrogens (tertiary/aromatic N) is 1. The highest BCUT2D eigenvalue weighted by Gasteiger charge is 2.00. The van der Waals surface area contributed by atoms with E-state index in [1.54, 1.807) is 24.4 Å². The first-order valence-electron chi connectivity index (χ1n) is 6.60. The maximum absolute atomic E-state index is 11.1. The molecule has 0 fully saturated rings. The number of nitrogens with two attached hydrogens (primary N) is 1. The van der Waals surface area contributed by atoms with Crippen molar-refractivity contribution in [1.82, 2.24) is 0 Å². The van der Waals surface area contributed by atoms with Gasteiger partial charge in [-0.05, 0) is 35.2 Å². The molecule has 102 valence electrons. The second kappa shape index (κ2) is 6.15. The van der Waals surface area contributed by atoms with E-state index in [0.29, 0.717) is 17.2 Å². The van der Waals surface area contributed by atoms with Gasteiger partial charge in [0.2, 0.25) is 5.91 Å². The minimum Gasteiger partial charge on any atom is -0.366 e. The van der Waals surface area contributed by atoms with Crippen molar-refractivity contribution in [3.8, 4) is 0 Å². The van der Waals surface area contributed by atoms with Crippen LogP contribution in [0, 0.1) is 0 Å². The number of aliphatic imine (C=N–C) groups is 1. The number of amides is 1. The number of primary amides is 1. The summed E-state index contributed by atoms with van der Waals surface area (Å²) in [5.41, 5.74) is 8.76. The van der Waals surface area contributed by atoms with Gasteiger partial charge in [-0.3, -0.25) is 9.79 Å². The van der Waals surface area contributed by atoms with Crippen molar-refractivity contribution in [2.75, 3.05) is 0 Å². The van der Waals surface area contributed by atoms with E-state index in [-0.39, 0.29) is 0 Å². The average molecular weight is 266 g/mol. The van der Waals surface area contributed by atoms with Gasteiger partial charge in [-0.2, -0.15) is 0 Å². The van der Waals surface area contributed by atoms with Crippen LogP contribution in [-0.4, -0.2) is 12.1 Å². The van der Waals surface area contributed by atoms with E-state index in [2.05, 4.69) is 31.0 Å². The summed E-state index contributed by atoms with van der Waals surface area (Å²) in [6.07, 6.45) is 1.78. The molecule has 2 rings (SSSR count). The van der Waals surface area contributed by atoms with Gasteiger partial charge in [0, 0.05) is 11.8 Å². The largest absolute Gasteiger partial charge is 0.366 e. The molecule has 0 saturated carbocycles. The maximum Gasteiger partial charge on any atom is 0.248 e. The standard InChI is InChI=1S/C17H18N2O/c1-12(2)14-8-6-13(7-9-14)11-19-16-5-3-4-15(10-16)17(18)20/h3-12H,1-2H3,(H2,18,20). The van der Waals surface area contributed by atoms with E-state index >= 15 is 0 Å². The Kier molecular flexibility index (Phi) is 4.31. The normalized spacial score (nSPS) is 11.2. The lowest BCUT2D eigenvalue weighted by molar-refractivity contribution is 0.100. The molecule has 0 bridgehead atoms. The quantitative estimate of drug-likeness (QED) is 0.843. The van der Waals surface area contributed by atoms with E-state index in [0.717, 1.165) is 5.56 Å². The predicted molar refractivity (Wildman–Crippen MR) is 82.7 cm³/mol. The Labute approximate surface area is 119 Å². The highest BCUT2D eigenvalue weighted by Crippen LogP contribution is 2.16. The van der Waals surface area contributed by atoms with Crippen LogP contribution in [-0.2, 0) is 0 Å². The lowest BCUT2D eigenvalue weighted by Gasteiger charge is -2.04. The van der Waals surface area contributed by atoms with Crippen molar-refractivity contribution in [3.63, 3.8) is 0 Å². The molecule has 0 aliphatic rings. The summed E-state index contributed by atoms with van der Waals surface area (Å²) in [6.45, 7) is 4.33. The fourth-order valence-corrected chi connectivity index (χ4v) is 1.86. The summed E-state index contributed by atoms with van der Waals surface area (Å²) in [5, 5.41) is 0. The zero-order chi connectivity index (χ0) is 14.5. The smallest absolute Gasteiger partial charge is 0.248 e. The first-order valence-corrected chi connectivity index (χ1v) is 6.60. The van der Waals surface area contributed by atoms with Crippen molar-refractivity contribution < 1.29 is 4.79 Å². The first-order chi connectivity index (χ1) is 9.56. The second-order valence-electron chi connectivity index (χ2n) is 4.99. The van der Waals surface area contributed by atoms with Crippen LogP contribution in [0.1, 0.15) is 41.3 Å². The van der Waals surface area contributed by atoms with Crippen LogP contribution in [0.2, 0.25) is 0 Å². The van der Waals surface area contributed by atoms with Gasteiger partial charge in [0.1, 0.15) is 0 Å². The van der Waals surface area contributed by atoms with Crippen LogP contribution in [0.4, 0.5) is 5.69 Å². The van der Waals surface area contributed by atoms with Crippen LogP contribution in [0.5, 0.6) is 0 Å². The van der Waals surface area contributed by atoms with Gasteiger partial charge in [-0.25, -0.2) is 0 Å². The number of hydrogen-bond donors (Lipinski definition) is 1. The van der Waals surface area contributed by atoms with E-state index in [1.165, 1.54) is 5.56 Å². The van der Waals surface area contributed by atoms with Gasteiger partial charge in [0.05, 0.1) is 5.69 Å². The third-order valence-electron chi connectivity index (χ3n) is 3.10. The van der Waals surface area contributed by atoms with Crippen molar-refractivity contribution in [2.45, 2.75) is 19.8 Å². The number of carbonyl (C=O) groups is 1. The van der Waals surface area contributed by atoms with E-state index in [1.807, 2.05) is 18.2 Å². The van der Waals surface area contributed by atoms with E-state index in [4.69, 9.17) is 5.73 Å². The predicted octanol–water partition coefficient (Wildman–Crippen LogP) is 3.66. The third kappa shape index (κ3) is 3.54. The molecule has 0 radical (unpaired) electrons. The van der Waals surface area contributed by atoms with E-state index in [9.17, 15) is 4.79 Å². The topological polar surface area (TPSA) is 55.4 Å². The number of rotatable bonds is 4. The van der Waals surface area contributed by atoms with Gasteiger partial charge < -0.3 is 5.73 Å². The van der Waals surface area contributed by atoms with Crippen molar-refractivity contribution >= 4 is 17.8 Å². The Bertz CT molecular complexity index is 628. The van der Waals surface area contributed by atoms with Gasteiger partial charge in [0.25, 0.3) is 0 Å². The highest BCUT2D eigenvalue weighted by atomic mass is 16.1. The molecule has 2 aromatic carbocycles. The molecule has 0 aliphatic heterocycles. The molecular weight excluding hydrogens is 248 g/mol. The Morgan fingerprint density at radius 2 is 1.85 bits per heavy atom. The Balaban J connectivity index is 2.16. The van der Waals surface area contributed by atoms with Crippen LogP contribution in [0.3, 0.4) is 0 Å². The molecule has 2 aromatic rings. The number of hydrogen-bond acceptors (Lipinski definition) is 2. The minimum absolute atomic E-state index is 0.441. The Hall–Kier alpha value is -2.42. The zero-order valence-electron chi connectivity index (χ0n) is 11.7. The molecule has 0 unspecified atom stereocenters. The summed E-state index contributed by atoms with van der Waals surface area (Å²) < 4.78 is 0. The van der Waals surface area contributed by atoms with Gasteiger partial charge in [-0.1, -0.05) is 44.2 Å². The fraction of sp³-hybridized carbons (Fsp3) is 0.176. The van der Waals surface area contributed by atoms with Crippen molar-refractivity contribution in [2.24, 2.45) is 10.7 Å². The molecule has 0 saturated heterocycles. The molecule has 0 spiro atoms. The van der Waals surface area contributed by atoms with Crippen LogP contribution in [0.15, 0.2) is 53.5 Å². The molecule has 3 nitrogen and oxygen atoms in total. The molecule has 1 amide bonds.